The number of benzene rings is 1. The summed E-state index contributed by atoms with van der Waals surface area (Å²) in [5.74, 6) is 5.29. The lowest BCUT2D eigenvalue weighted by atomic mass is 10.3. The molecule has 106 valence electrons. The first-order valence-electron chi connectivity index (χ1n) is 5.88. The van der Waals surface area contributed by atoms with E-state index in [2.05, 4.69) is 10.4 Å². The van der Waals surface area contributed by atoms with Gasteiger partial charge in [-0.25, -0.2) is 10.8 Å². The fourth-order valence-corrected chi connectivity index (χ4v) is 1.57. The average Bonchev–Trinajstić information content (AvgIpc) is 2.35. The summed E-state index contributed by atoms with van der Waals surface area (Å²) in [5, 5.41) is 0. The van der Waals surface area contributed by atoms with E-state index in [1.165, 1.54) is 0 Å². The first-order chi connectivity index (χ1) is 8.96. The summed E-state index contributed by atoms with van der Waals surface area (Å²) in [6.45, 7) is 0.923. The van der Waals surface area contributed by atoms with Gasteiger partial charge in [0, 0.05) is 6.54 Å². The Labute approximate surface area is 110 Å². The van der Waals surface area contributed by atoms with Crippen molar-refractivity contribution >= 4 is 11.6 Å². The zero-order valence-electron chi connectivity index (χ0n) is 10.6. The maximum absolute atomic E-state index is 12.5. The van der Waals surface area contributed by atoms with Crippen molar-refractivity contribution in [3.8, 4) is 0 Å². The number of guanidine groups is 1. The molecule has 0 spiro atoms. The second kappa shape index (κ2) is 6.98. The summed E-state index contributed by atoms with van der Waals surface area (Å²) < 4.78 is 37.5. The maximum atomic E-state index is 12.5. The number of nitrogens with two attached hydrogens (primary N) is 1. The normalized spacial score (nSPS) is 12.4. The number of hydrazine groups is 1. The Bertz CT molecular complexity index is 403. The fourth-order valence-electron chi connectivity index (χ4n) is 1.57. The molecule has 1 aromatic carbocycles. The minimum absolute atomic E-state index is 0.00498. The lowest BCUT2D eigenvalue weighted by Gasteiger charge is -2.26. The molecule has 0 aliphatic carbocycles. The van der Waals surface area contributed by atoms with Crippen molar-refractivity contribution in [1.82, 2.24) is 10.3 Å². The molecule has 0 aliphatic rings. The molecule has 3 N–H and O–H groups in total. The molecule has 0 saturated carbocycles. The highest BCUT2D eigenvalue weighted by atomic mass is 19.4. The molecule has 0 radical (unpaired) electrons. The van der Waals surface area contributed by atoms with Crippen molar-refractivity contribution in [2.75, 3.05) is 13.1 Å². The van der Waals surface area contributed by atoms with E-state index in [1.807, 2.05) is 0 Å². The zero-order chi connectivity index (χ0) is 14.3. The molecule has 0 aromatic heterocycles. The van der Waals surface area contributed by atoms with Gasteiger partial charge in [-0.05, 0) is 18.6 Å². The number of hydrogen-bond donors (Lipinski definition) is 2. The van der Waals surface area contributed by atoms with Gasteiger partial charge < -0.3 is 4.90 Å². The summed E-state index contributed by atoms with van der Waals surface area (Å²) in [6, 6.07) is 8.68. The number of nitrogens with zero attached hydrogens (tertiary/aromatic N) is 2. The second-order valence-electron chi connectivity index (χ2n) is 3.95. The van der Waals surface area contributed by atoms with Crippen LogP contribution >= 0.6 is 0 Å². The van der Waals surface area contributed by atoms with Crippen LogP contribution in [0.25, 0.3) is 0 Å². The van der Waals surface area contributed by atoms with Crippen molar-refractivity contribution in [3.63, 3.8) is 0 Å². The summed E-state index contributed by atoms with van der Waals surface area (Å²) >= 11 is 0. The van der Waals surface area contributed by atoms with Gasteiger partial charge in [0.1, 0.15) is 6.54 Å². The minimum atomic E-state index is -4.30. The Morgan fingerprint density at radius 3 is 2.42 bits per heavy atom. The number of nitrogens with one attached hydrogen (secondary N) is 1. The van der Waals surface area contributed by atoms with E-state index in [0.29, 0.717) is 12.1 Å². The molecule has 1 aromatic rings. The topological polar surface area (TPSA) is 53.6 Å². The first-order valence-corrected chi connectivity index (χ1v) is 5.88. The lowest BCUT2D eigenvalue weighted by molar-refractivity contribution is -0.138. The SMILES string of the molecule is CCCN(CC(F)(F)F)C(=Nc1ccccc1)NN. The van der Waals surface area contributed by atoms with E-state index in [0.717, 1.165) is 4.90 Å². The highest BCUT2D eigenvalue weighted by Gasteiger charge is 2.31. The number of hydrogen-bond acceptors (Lipinski definition) is 2. The van der Waals surface area contributed by atoms with Crippen LogP contribution in [0, 0.1) is 0 Å². The Morgan fingerprint density at radius 1 is 1.32 bits per heavy atom. The van der Waals surface area contributed by atoms with E-state index in [4.69, 9.17) is 5.84 Å². The van der Waals surface area contributed by atoms with Crippen LogP contribution in [0.3, 0.4) is 0 Å². The highest BCUT2D eigenvalue weighted by molar-refractivity contribution is 5.82. The minimum Gasteiger partial charge on any atom is -0.333 e. The summed E-state index contributed by atoms with van der Waals surface area (Å²) in [5.41, 5.74) is 2.77. The van der Waals surface area contributed by atoms with Gasteiger partial charge in [0.05, 0.1) is 5.69 Å². The molecule has 0 fully saturated rings. The number of aliphatic imine (C=N–C) groups is 1. The molecule has 19 heavy (non-hydrogen) atoms. The third kappa shape index (κ3) is 5.60. The molecular weight excluding hydrogens is 257 g/mol. The Balaban J connectivity index is 2.93. The number of halogens is 3. The first kappa shape index (κ1) is 15.3. The average molecular weight is 274 g/mol. The van der Waals surface area contributed by atoms with Gasteiger partial charge in [-0.3, -0.25) is 5.43 Å². The summed E-state index contributed by atoms with van der Waals surface area (Å²) in [4.78, 5) is 5.16. The van der Waals surface area contributed by atoms with Crippen molar-refractivity contribution in [2.45, 2.75) is 19.5 Å². The number of alkyl halides is 3. The van der Waals surface area contributed by atoms with Crippen molar-refractivity contribution in [3.05, 3.63) is 30.3 Å². The van der Waals surface area contributed by atoms with Crippen molar-refractivity contribution in [1.29, 1.82) is 0 Å². The van der Waals surface area contributed by atoms with Gasteiger partial charge in [0.2, 0.25) is 5.96 Å². The van der Waals surface area contributed by atoms with Crippen LogP contribution in [-0.4, -0.2) is 30.1 Å². The van der Waals surface area contributed by atoms with E-state index >= 15 is 0 Å². The molecule has 0 unspecified atom stereocenters. The Hall–Kier alpha value is -1.76. The van der Waals surface area contributed by atoms with Gasteiger partial charge in [-0.15, -0.1) is 0 Å². The summed E-state index contributed by atoms with van der Waals surface area (Å²) in [6.07, 6.45) is -3.74. The second-order valence-corrected chi connectivity index (χ2v) is 3.95. The third-order valence-corrected chi connectivity index (χ3v) is 2.28. The van der Waals surface area contributed by atoms with E-state index in [-0.39, 0.29) is 12.5 Å². The van der Waals surface area contributed by atoms with Crippen LogP contribution in [0.15, 0.2) is 35.3 Å². The molecule has 7 heteroatoms. The smallest absolute Gasteiger partial charge is 0.333 e. The van der Waals surface area contributed by atoms with Gasteiger partial charge >= 0.3 is 6.18 Å². The van der Waals surface area contributed by atoms with Gasteiger partial charge in [0.15, 0.2) is 0 Å². The predicted octanol–water partition coefficient (Wildman–Crippen LogP) is 2.41. The van der Waals surface area contributed by atoms with Crippen molar-refractivity contribution in [2.24, 2.45) is 10.8 Å². The van der Waals surface area contributed by atoms with E-state index in [9.17, 15) is 13.2 Å². The van der Waals surface area contributed by atoms with Gasteiger partial charge in [0.25, 0.3) is 0 Å². The maximum Gasteiger partial charge on any atom is 0.406 e. The van der Waals surface area contributed by atoms with E-state index < -0.39 is 12.7 Å². The van der Waals surface area contributed by atoms with Gasteiger partial charge in [-0.2, -0.15) is 13.2 Å². The van der Waals surface area contributed by atoms with Crippen LogP contribution in [0.1, 0.15) is 13.3 Å². The molecule has 0 heterocycles. The van der Waals surface area contributed by atoms with Gasteiger partial charge in [-0.1, -0.05) is 25.1 Å². The molecule has 0 aliphatic heterocycles. The van der Waals surface area contributed by atoms with E-state index in [1.54, 1.807) is 37.3 Å². The Kier molecular flexibility index (Phi) is 5.62. The largest absolute Gasteiger partial charge is 0.406 e. The quantitative estimate of drug-likeness (QED) is 0.384. The number of rotatable bonds is 4. The number of para-hydroxylation sites is 1. The zero-order valence-corrected chi connectivity index (χ0v) is 10.6. The lowest BCUT2D eigenvalue weighted by Crippen LogP contribution is -2.48. The monoisotopic (exact) mass is 274 g/mol. The molecule has 0 amide bonds. The molecular formula is C12H17F3N4. The fraction of sp³-hybridized carbons (Fsp3) is 0.417. The molecule has 0 saturated heterocycles. The molecule has 1 rings (SSSR count). The van der Waals surface area contributed by atoms with Crippen LogP contribution in [-0.2, 0) is 0 Å². The van der Waals surface area contributed by atoms with Crippen LogP contribution < -0.4 is 11.3 Å². The van der Waals surface area contributed by atoms with Crippen LogP contribution in [0.2, 0.25) is 0 Å². The van der Waals surface area contributed by atoms with Crippen molar-refractivity contribution < 1.29 is 13.2 Å². The highest BCUT2D eigenvalue weighted by Crippen LogP contribution is 2.18. The van der Waals surface area contributed by atoms with Crippen LogP contribution in [0.5, 0.6) is 0 Å². The molecule has 0 bridgehead atoms. The summed E-state index contributed by atoms with van der Waals surface area (Å²) in [7, 11) is 0. The molecule has 0 atom stereocenters. The predicted molar refractivity (Wildman–Crippen MR) is 68.8 cm³/mol. The Morgan fingerprint density at radius 2 is 1.95 bits per heavy atom. The molecule has 4 nitrogen and oxygen atoms in total. The standard InChI is InChI=1S/C12H17F3N4/c1-2-8-19(9-12(13,14)15)11(18-16)17-10-6-4-3-5-7-10/h3-7H,2,8-9,16H2,1H3,(H,17,18). The third-order valence-electron chi connectivity index (χ3n) is 2.28. The van der Waals surface area contributed by atoms with Crippen LogP contribution in [0.4, 0.5) is 18.9 Å².